The zero-order valence-electron chi connectivity index (χ0n) is 9.97. The number of rotatable bonds is 7. The number of nitrogens with one attached hydrogen (secondary N) is 1. The smallest absolute Gasteiger partial charge is 0.0591 e. The van der Waals surface area contributed by atoms with Gasteiger partial charge in [-0.3, -0.25) is 0 Å². The Hall–Kier alpha value is 0.210. The van der Waals surface area contributed by atoms with Gasteiger partial charge in [0.15, 0.2) is 0 Å². The Labute approximate surface area is 98.7 Å². The maximum atomic E-state index is 5.91. The van der Waals surface area contributed by atoms with E-state index in [0.29, 0.717) is 17.9 Å². The highest BCUT2D eigenvalue weighted by atomic mass is 35.5. The van der Waals surface area contributed by atoms with Gasteiger partial charge in [-0.15, -0.1) is 11.6 Å². The van der Waals surface area contributed by atoms with Crippen molar-refractivity contribution in [3.8, 4) is 0 Å². The second kappa shape index (κ2) is 7.48. The fraction of sp³-hybridized carbons (Fsp3) is 1.00. The zero-order valence-corrected chi connectivity index (χ0v) is 10.7. The minimum Gasteiger partial charge on any atom is -0.380 e. The molecule has 1 aliphatic rings. The van der Waals surface area contributed by atoms with Crippen LogP contribution in [0.3, 0.4) is 0 Å². The van der Waals surface area contributed by atoms with E-state index in [0.717, 1.165) is 25.6 Å². The molecule has 0 amide bonds. The SMILES string of the molecule is CC(C)COCCNC1CCCC1CCl. The van der Waals surface area contributed by atoms with Gasteiger partial charge in [0, 0.05) is 25.1 Å². The first-order valence-electron chi connectivity index (χ1n) is 6.11. The molecule has 1 rings (SSSR count). The van der Waals surface area contributed by atoms with Gasteiger partial charge in [0.1, 0.15) is 0 Å². The number of ether oxygens (including phenoxy) is 1. The first-order chi connectivity index (χ1) is 7.24. The fourth-order valence-corrected chi connectivity index (χ4v) is 2.50. The molecule has 0 aromatic heterocycles. The molecule has 0 spiro atoms. The average molecular weight is 234 g/mol. The summed E-state index contributed by atoms with van der Waals surface area (Å²) in [5, 5.41) is 3.55. The second-order valence-corrected chi connectivity index (χ2v) is 5.18. The highest BCUT2D eigenvalue weighted by Gasteiger charge is 2.25. The minimum absolute atomic E-state index is 0.630. The highest BCUT2D eigenvalue weighted by molar-refractivity contribution is 6.18. The van der Waals surface area contributed by atoms with Crippen LogP contribution in [0.1, 0.15) is 33.1 Å². The summed E-state index contributed by atoms with van der Waals surface area (Å²) in [7, 11) is 0. The lowest BCUT2D eigenvalue weighted by Gasteiger charge is -2.18. The van der Waals surface area contributed by atoms with Gasteiger partial charge >= 0.3 is 0 Å². The van der Waals surface area contributed by atoms with E-state index in [9.17, 15) is 0 Å². The van der Waals surface area contributed by atoms with Crippen molar-refractivity contribution in [1.82, 2.24) is 5.32 Å². The third-order valence-electron chi connectivity index (χ3n) is 2.96. The number of hydrogen-bond acceptors (Lipinski definition) is 2. The van der Waals surface area contributed by atoms with Crippen molar-refractivity contribution in [3.05, 3.63) is 0 Å². The molecule has 1 aliphatic carbocycles. The Balaban J connectivity index is 1.99. The number of halogens is 1. The molecular formula is C12H24ClNO. The summed E-state index contributed by atoms with van der Waals surface area (Å²) in [6.45, 7) is 7.00. The predicted molar refractivity (Wildman–Crippen MR) is 65.5 cm³/mol. The molecule has 1 saturated carbocycles. The molecule has 0 aliphatic heterocycles. The highest BCUT2D eigenvalue weighted by Crippen LogP contribution is 2.26. The average Bonchev–Trinajstić information content (AvgIpc) is 2.64. The molecule has 3 heteroatoms. The molecule has 0 radical (unpaired) electrons. The molecule has 90 valence electrons. The quantitative estimate of drug-likeness (QED) is 0.539. The van der Waals surface area contributed by atoms with Crippen molar-refractivity contribution in [2.45, 2.75) is 39.2 Å². The van der Waals surface area contributed by atoms with E-state index in [-0.39, 0.29) is 0 Å². The number of alkyl halides is 1. The van der Waals surface area contributed by atoms with Crippen molar-refractivity contribution < 1.29 is 4.74 Å². The van der Waals surface area contributed by atoms with E-state index >= 15 is 0 Å². The second-order valence-electron chi connectivity index (χ2n) is 4.87. The van der Waals surface area contributed by atoms with Gasteiger partial charge in [0.2, 0.25) is 0 Å². The molecule has 0 aromatic rings. The molecule has 2 nitrogen and oxygen atoms in total. The van der Waals surface area contributed by atoms with Gasteiger partial charge < -0.3 is 10.1 Å². The Morgan fingerprint density at radius 3 is 2.87 bits per heavy atom. The Morgan fingerprint density at radius 1 is 1.40 bits per heavy atom. The molecule has 0 aromatic carbocycles. The molecule has 0 bridgehead atoms. The van der Waals surface area contributed by atoms with E-state index < -0.39 is 0 Å². The maximum Gasteiger partial charge on any atom is 0.0591 e. The third kappa shape index (κ3) is 5.19. The van der Waals surface area contributed by atoms with Crippen LogP contribution in [0, 0.1) is 11.8 Å². The van der Waals surface area contributed by atoms with E-state index in [2.05, 4.69) is 19.2 Å². The molecular weight excluding hydrogens is 210 g/mol. The summed E-state index contributed by atoms with van der Waals surface area (Å²) in [6, 6.07) is 0.630. The van der Waals surface area contributed by atoms with Gasteiger partial charge in [-0.05, 0) is 24.7 Å². The lowest BCUT2D eigenvalue weighted by molar-refractivity contribution is 0.109. The van der Waals surface area contributed by atoms with Gasteiger partial charge in [0.25, 0.3) is 0 Å². The normalized spacial score (nSPS) is 26.4. The van der Waals surface area contributed by atoms with Crippen LogP contribution in [0.2, 0.25) is 0 Å². The summed E-state index contributed by atoms with van der Waals surface area (Å²) in [5.74, 6) is 2.11. The van der Waals surface area contributed by atoms with Crippen LogP contribution in [-0.2, 0) is 4.74 Å². The topological polar surface area (TPSA) is 21.3 Å². The monoisotopic (exact) mass is 233 g/mol. The predicted octanol–water partition coefficient (Wildman–Crippen LogP) is 2.66. The van der Waals surface area contributed by atoms with Crippen LogP contribution in [0.4, 0.5) is 0 Å². The van der Waals surface area contributed by atoms with Gasteiger partial charge in [-0.2, -0.15) is 0 Å². The lowest BCUT2D eigenvalue weighted by Crippen LogP contribution is -2.35. The van der Waals surface area contributed by atoms with Crippen LogP contribution in [0.25, 0.3) is 0 Å². The van der Waals surface area contributed by atoms with Crippen molar-refractivity contribution >= 4 is 11.6 Å². The van der Waals surface area contributed by atoms with Crippen LogP contribution in [-0.4, -0.2) is 31.7 Å². The summed E-state index contributed by atoms with van der Waals surface area (Å²) in [5.41, 5.74) is 0. The van der Waals surface area contributed by atoms with Gasteiger partial charge in [-0.25, -0.2) is 0 Å². The minimum atomic E-state index is 0.630. The molecule has 0 saturated heterocycles. The van der Waals surface area contributed by atoms with Crippen LogP contribution in [0.15, 0.2) is 0 Å². The van der Waals surface area contributed by atoms with E-state index in [1.807, 2.05) is 0 Å². The summed E-state index contributed by atoms with van der Waals surface area (Å²) in [6.07, 6.45) is 3.89. The standard InChI is InChI=1S/C12H24ClNO/c1-10(2)9-15-7-6-14-12-5-3-4-11(12)8-13/h10-12,14H,3-9H2,1-2H3. The van der Waals surface area contributed by atoms with Crippen molar-refractivity contribution in [2.24, 2.45) is 11.8 Å². The van der Waals surface area contributed by atoms with Crippen LogP contribution in [0.5, 0.6) is 0 Å². The maximum absolute atomic E-state index is 5.91. The van der Waals surface area contributed by atoms with Crippen molar-refractivity contribution in [1.29, 1.82) is 0 Å². The zero-order chi connectivity index (χ0) is 11.1. The number of hydrogen-bond donors (Lipinski definition) is 1. The van der Waals surface area contributed by atoms with E-state index in [1.165, 1.54) is 19.3 Å². The van der Waals surface area contributed by atoms with Crippen LogP contribution >= 0.6 is 11.6 Å². The van der Waals surface area contributed by atoms with E-state index in [1.54, 1.807) is 0 Å². The van der Waals surface area contributed by atoms with Gasteiger partial charge in [0.05, 0.1) is 6.61 Å². The molecule has 1 fully saturated rings. The summed E-state index contributed by atoms with van der Waals surface area (Å²) >= 11 is 5.91. The molecule has 0 heterocycles. The van der Waals surface area contributed by atoms with Gasteiger partial charge in [-0.1, -0.05) is 20.3 Å². The molecule has 1 N–H and O–H groups in total. The Kier molecular flexibility index (Phi) is 6.62. The lowest BCUT2D eigenvalue weighted by atomic mass is 10.1. The molecule has 2 unspecified atom stereocenters. The fourth-order valence-electron chi connectivity index (χ4n) is 2.13. The largest absolute Gasteiger partial charge is 0.380 e. The first-order valence-corrected chi connectivity index (χ1v) is 6.64. The third-order valence-corrected chi connectivity index (χ3v) is 3.36. The van der Waals surface area contributed by atoms with Crippen molar-refractivity contribution in [2.75, 3.05) is 25.6 Å². The Bertz CT molecular complexity index is 164. The summed E-state index contributed by atoms with van der Waals surface area (Å²) < 4.78 is 5.53. The Morgan fingerprint density at radius 2 is 2.20 bits per heavy atom. The first kappa shape index (κ1) is 13.3. The molecule has 15 heavy (non-hydrogen) atoms. The van der Waals surface area contributed by atoms with E-state index in [4.69, 9.17) is 16.3 Å². The van der Waals surface area contributed by atoms with Crippen LogP contribution < -0.4 is 5.32 Å². The van der Waals surface area contributed by atoms with Crippen molar-refractivity contribution in [3.63, 3.8) is 0 Å². The molecule has 2 atom stereocenters. The summed E-state index contributed by atoms with van der Waals surface area (Å²) in [4.78, 5) is 0.